The molecule has 0 N–H and O–H groups in total. The van der Waals surface area contributed by atoms with Gasteiger partial charge in [0.25, 0.3) is 0 Å². The number of carbonyl (C=O) groups is 2. The Kier molecular flexibility index (Phi) is 5.74. The van der Waals surface area contributed by atoms with Crippen LogP contribution in [0.3, 0.4) is 0 Å². The quantitative estimate of drug-likeness (QED) is 0.632. The number of methoxy groups -OCH3 is 1. The molecule has 0 amide bonds. The Morgan fingerprint density at radius 2 is 1.83 bits per heavy atom. The highest BCUT2D eigenvalue weighted by atomic mass is 16.5. The Morgan fingerprint density at radius 3 is 2.43 bits per heavy atom. The molecule has 0 saturated heterocycles. The van der Waals surface area contributed by atoms with E-state index in [4.69, 9.17) is 9.47 Å². The van der Waals surface area contributed by atoms with Crippen molar-refractivity contribution in [3.8, 4) is 0 Å². The standard InChI is InChI=1S/C19H22O4/c1-13-9-10-16(12-23-14(2)20)18(19(21)22-3)11-17(13)15-7-5-4-6-8-15/h4-11,13,16-17H,12H2,1-3H3/t13-,16+,17+/m0/s1. The molecule has 0 aromatic heterocycles. The fraction of sp³-hybridized carbons (Fsp3) is 0.368. The van der Waals surface area contributed by atoms with E-state index in [-0.39, 0.29) is 36.3 Å². The molecule has 0 heterocycles. The van der Waals surface area contributed by atoms with E-state index < -0.39 is 0 Å². The zero-order valence-electron chi connectivity index (χ0n) is 13.7. The number of hydrogen-bond acceptors (Lipinski definition) is 4. The molecule has 0 unspecified atom stereocenters. The normalized spacial score (nSPS) is 23.6. The monoisotopic (exact) mass is 314 g/mol. The summed E-state index contributed by atoms with van der Waals surface area (Å²) >= 11 is 0. The van der Waals surface area contributed by atoms with Crippen molar-refractivity contribution in [3.63, 3.8) is 0 Å². The van der Waals surface area contributed by atoms with Gasteiger partial charge in [-0.1, -0.05) is 55.5 Å². The van der Waals surface area contributed by atoms with Crippen LogP contribution in [0.25, 0.3) is 0 Å². The first-order valence-electron chi connectivity index (χ1n) is 7.69. The molecular formula is C19H22O4. The van der Waals surface area contributed by atoms with Gasteiger partial charge < -0.3 is 9.47 Å². The molecule has 0 fully saturated rings. The van der Waals surface area contributed by atoms with E-state index in [1.54, 1.807) is 0 Å². The van der Waals surface area contributed by atoms with E-state index in [1.807, 2.05) is 42.5 Å². The second-order valence-corrected chi connectivity index (χ2v) is 5.70. The summed E-state index contributed by atoms with van der Waals surface area (Å²) in [5.41, 5.74) is 1.67. The number of ether oxygens (including phenoxy) is 2. The summed E-state index contributed by atoms with van der Waals surface area (Å²) < 4.78 is 10.0. The summed E-state index contributed by atoms with van der Waals surface area (Å²) in [6.45, 7) is 3.60. The zero-order chi connectivity index (χ0) is 16.8. The van der Waals surface area contributed by atoms with Crippen molar-refractivity contribution in [2.24, 2.45) is 11.8 Å². The van der Waals surface area contributed by atoms with Crippen LogP contribution in [0.5, 0.6) is 0 Å². The molecule has 0 bridgehead atoms. The van der Waals surface area contributed by atoms with Gasteiger partial charge in [0.1, 0.15) is 6.61 Å². The smallest absolute Gasteiger partial charge is 0.334 e. The predicted octanol–water partition coefficient (Wildman–Crippen LogP) is 3.25. The van der Waals surface area contributed by atoms with E-state index in [0.29, 0.717) is 5.57 Å². The topological polar surface area (TPSA) is 52.6 Å². The number of allylic oxidation sites excluding steroid dienone is 2. The van der Waals surface area contributed by atoms with Crippen LogP contribution in [0.15, 0.2) is 54.1 Å². The van der Waals surface area contributed by atoms with Crippen molar-refractivity contribution in [2.45, 2.75) is 19.8 Å². The third-order valence-electron chi connectivity index (χ3n) is 4.04. The summed E-state index contributed by atoms with van der Waals surface area (Å²) in [6, 6.07) is 10.0. The average molecular weight is 314 g/mol. The molecule has 1 aromatic carbocycles. The SMILES string of the molecule is COC(=O)C1=C[C@@H](c2ccccc2)[C@@H](C)C=C[C@@H]1COC(C)=O. The Morgan fingerprint density at radius 1 is 1.13 bits per heavy atom. The minimum atomic E-state index is -0.387. The van der Waals surface area contributed by atoms with E-state index in [9.17, 15) is 9.59 Å². The molecular weight excluding hydrogens is 292 g/mol. The van der Waals surface area contributed by atoms with Crippen LogP contribution in [0, 0.1) is 11.8 Å². The Balaban J connectivity index is 2.38. The maximum absolute atomic E-state index is 12.2. The molecule has 3 atom stereocenters. The minimum Gasteiger partial charge on any atom is -0.466 e. The number of benzene rings is 1. The number of esters is 2. The first-order chi connectivity index (χ1) is 11.0. The summed E-state index contributed by atoms with van der Waals surface area (Å²) in [6.07, 6.45) is 5.94. The fourth-order valence-electron chi connectivity index (χ4n) is 2.77. The van der Waals surface area contributed by atoms with Gasteiger partial charge >= 0.3 is 11.9 Å². The van der Waals surface area contributed by atoms with Gasteiger partial charge in [-0.25, -0.2) is 4.79 Å². The average Bonchev–Trinajstić information content (AvgIpc) is 2.72. The third kappa shape index (κ3) is 4.31. The van der Waals surface area contributed by atoms with Gasteiger partial charge in [0.2, 0.25) is 0 Å². The summed E-state index contributed by atoms with van der Waals surface area (Å²) in [4.78, 5) is 23.3. The fourth-order valence-corrected chi connectivity index (χ4v) is 2.77. The first-order valence-corrected chi connectivity index (χ1v) is 7.69. The van der Waals surface area contributed by atoms with Crippen LogP contribution in [0.2, 0.25) is 0 Å². The molecule has 0 radical (unpaired) electrons. The molecule has 1 aliphatic carbocycles. The molecule has 4 heteroatoms. The van der Waals surface area contributed by atoms with Gasteiger partial charge in [0.15, 0.2) is 0 Å². The van der Waals surface area contributed by atoms with Crippen molar-refractivity contribution >= 4 is 11.9 Å². The van der Waals surface area contributed by atoms with Crippen molar-refractivity contribution in [1.29, 1.82) is 0 Å². The highest BCUT2D eigenvalue weighted by Crippen LogP contribution is 2.33. The van der Waals surface area contributed by atoms with Crippen LogP contribution >= 0.6 is 0 Å². The summed E-state index contributed by atoms with van der Waals surface area (Å²) in [7, 11) is 1.36. The van der Waals surface area contributed by atoms with Gasteiger partial charge in [-0.05, 0) is 11.5 Å². The molecule has 0 spiro atoms. The number of rotatable bonds is 4. The molecule has 1 aromatic rings. The molecule has 23 heavy (non-hydrogen) atoms. The van der Waals surface area contributed by atoms with E-state index in [2.05, 4.69) is 13.0 Å². The largest absolute Gasteiger partial charge is 0.466 e. The van der Waals surface area contributed by atoms with Gasteiger partial charge in [-0.3, -0.25) is 4.79 Å². The maximum atomic E-state index is 12.2. The lowest BCUT2D eigenvalue weighted by Crippen LogP contribution is -2.19. The van der Waals surface area contributed by atoms with Gasteiger partial charge in [0.05, 0.1) is 7.11 Å². The minimum absolute atomic E-state index is 0.0730. The first kappa shape index (κ1) is 17.0. The molecule has 0 aliphatic heterocycles. The van der Waals surface area contributed by atoms with Crippen LogP contribution in [-0.2, 0) is 19.1 Å². The second-order valence-electron chi connectivity index (χ2n) is 5.70. The van der Waals surface area contributed by atoms with Crippen LogP contribution in [0.4, 0.5) is 0 Å². The van der Waals surface area contributed by atoms with Crippen LogP contribution in [-0.4, -0.2) is 25.7 Å². The van der Waals surface area contributed by atoms with Crippen molar-refractivity contribution in [2.75, 3.05) is 13.7 Å². The molecule has 2 rings (SSSR count). The van der Waals surface area contributed by atoms with Gasteiger partial charge in [-0.15, -0.1) is 0 Å². The Bertz CT molecular complexity index is 616. The summed E-state index contributed by atoms with van der Waals surface area (Å²) in [5.74, 6) is -0.743. The van der Waals surface area contributed by atoms with E-state index in [0.717, 1.165) is 5.56 Å². The lowest BCUT2D eigenvalue weighted by molar-refractivity contribution is -0.143. The highest BCUT2D eigenvalue weighted by molar-refractivity contribution is 5.89. The second kappa shape index (κ2) is 7.77. The van der Waals surface area contributed by atoms with Gasteiger partial charge in [0, 0.05) is 24.3 Å². The third-order valence-corrected chi connectivity index (χ3v) is 4.04. The number of carbonyl (C=O) groups excluding carboxylic acids is 2. The molecule has 122 valence electrons. The Labute approximate surface area is 136 Å². The van der Waals surface area contributed by atoms with Crippen molar-refractivity contribution < 1.29 is 19.1 Å². The van der Waals surface area contributed by atoms with Crippen LogP contribution in [0.1, 0.15) is 25.3 Å². The zero-order valence-corrected chi connectivity index (χ0v) is 13.7. The Hall–Kier alpha value is -2.36. The molecule has 4 nitrogen and oxygen atoms in total. The van der Waals surface area contributed by atoms with Gasteiger partial charge in [-0.2, -0.15) is 0 Å². The number of hydrogen-bond donors (Lipinski definition) is 0. The lowest BCUT2D eigenvalue weighted by Gasteiger charge is -2.19. The molecule has 1 aliphatic rings. The van der Waals surface area contributed by atoms with Crippen molar-refractivity contribution in [1.82, 2.24) is 0 Å². The predicted molar refractivity (Wildman–Crippen MR) is 87.7 cm³/mol. The van der Waals surface area contributed by atoms with Crippen LogP contribution < -0.4 is 0 Å². The van der Waals surface area contributed by atoms with E-state index in [1.165, 1.54) is 14.0 Å². The highest BCUT2D eigenvalue weighted by Gasteiger charge is 2.27. The maximum Gasteiger partial charge on any atom is 0.334 e. The van der Waals surface area contributed by atoms with E-state index >= 15 is 0 Å². The lowest BCUT2D eigenvalue weighted by atomic mass is 9.86. The van der Waals surface area contributed by atoms with Crippen molar-refractivity contribution in [3.05, 3.63) is 59.7 Å². The molecule has 0 saturated carbocycles. The summed E-state index contributed by atoms with van der Waals surface area (Å²) in [5, 5.41) is 0.